The van der Waals surface area contributed by atoms with Gasteiger partial charge in [-0.25, -0.2) is 9.97 Å². The average Bonchev–Trinajstić information content (AvgIpc) is 3.14. The van der Waals surface area contributed by atoms with Crippen LogP contribution in [0.15, 0.2) is 18.6 Å². The van der Waals surface area contributed by atoms with Crippen molar-refractivity contribution in [3.05, 3.63) is 18.6 Å². The molecule has 1 amide bonds. The maximum Gasteiger partial charge on any atom is 0.241 e. The summed E-state index contributed by atoms with van der Waals surface area (Å²) in [5.74, 6) is 1.46. The maximum atomic E-state index is 12.0. The molecule has 1 saturated heterocycles. The molecule has 106 valence electrons. The maximum absolute atomic E-state index is 12.0. The van der Waals surface area contributed by atoms with E-state index < -0.39 is 0 Å². The Labute approximate surface area is 117 Å². The van der Waals surface area contributed by atoms with Gasteiger partial charge < -0.3 is 19.9 Å². The van der Waals surface area contributed by atoms with Crippen LogP contribution >= 0.6 is 0 Å². The summed E-state index contributed by atoms with van der Waals surface area (Å²) >= 11 is 0. The first-order valence-electron chi connectivity index (χ1n) is 6.81. The molecule has 1 aliphatic heterocycles. The van der Waals surface area contributed by atoms with E-state index in [2.05, 4.69) is 20.6 Å². The summed E-state index contributed by atoms with van der Waals surface area (Å²) in [6.45, 7) is 1.98. The highest BCUT2D eigenvalue weighted by atomic mass is 16.2. The van der Waals surface area contributed by atoms with Crippen molar-refractivity contribution in [1.29, 1.82) is 0 Å². The molecule has 0 bridgehead atoms. The second-order valence-corrected chi connectivity index (χ2v) is 4.82. The SMILES string of the molecule is CNc1cn2ccnc2c(NCC(=O)N2CCCC2)n1. The van der Waals surface area contributed by atoms with Crippen LogP contribution in [0.3, 0.4) is 0 Å². The average molecular weight is 274 g/mol. The first kappa shape index (κ1) is 12.7. The third kappa shape index (κ3) is 2.38. The van der Waals surface area contributed by atoms with Crippen LogP contribution in [0.4, 0.5) is 11.6 Å². The van der Waals surface area contributed by atoms with Crippen molar-refractivity contribution in [3.63, 3.8) is 0 Å². The highest BCUT2D eigenvalue weighted by molar-refractivity contribution is 5.82. The van der Waals surface area contributed by atoms with Gasteiger partial charge in [0.15, 0.2) is 11.5 Å². The van der Waals surface area contributed by atoms with Crippen molar-refractivity contribution >= 4 is 23.2 Å². The van der Waals surface area contributed by atoms with Crippen LogP contribution in [0, 0.1) is 0 Å². The van der Waals surface area contributed by atoms with Gasteiger partial charge in [0.05, 0.1) is 12.7 Å². The number of fused-ring (bicyclic) bond motifs is 1. The molecule has 7 heteroatoms. The van der Waals surface area contributed by atoms with E-state index in [1.54, 1.807) is 6.20 Å². The van der Waals surface area contributed by atoms with Crippen LogP contribution in [0.25, 0.3) is 5.65 Å². The predicted octanol–water partition coefficient (Wildman–Crippen LogP) is 0.805. The van der Waals surface area contributed by atoms with E-state index >= 15 is 0 Å². The van der Waals surface area contributed by atoms with E-state index in [9.17, 15) is 4.79 Å². The van der Waals surface area contributed by atoms with Gasteiger partial charge in [-0.15, -0.1) is 0 Å². The summed E-state index contributed by atoms with van der Waals surface area (Å²) in [5.41, 5.74) is 0.721. The molecule has 0 spiro atoms. The Morgan fingerprint density at radius 2 is 2.20 bits per heavy atom. The summed E-state index contributed by atoms with van der Waals surface area (Å²) in [5, 5.41) is 6.10. The van der Waals surface area contributed by atoms with Gasteiger partial charge in [-0.1, -0.05) is 0 Å². The van der Waals surface area contributed by atoms with Crippen LogP contribution in [0.1, 0.15) is 12.8 Å². The molecule has 0 unspecified atom stereocenters. The topological polar surface area (TPSA) is 74.6 Å². The standard InChI is InChI=1S/C13H18N6O/c1-14-10-9-19-7-4-15-13(19)12(17-10)16-8-11(20)18-5-2-3-6-18/h4,7,9,14H,2-3,5-6,8H2,1H3,(H,16,17). The van der Waals surface area contributed by atoms with Gasteiger partial charge in [0.1, 0.15) is 5.82 Å². The van der Waals surface area contributed by atoms with Crippen molar-refractivity contribution in [2.75, 3.05) is 37.3 Å². The zero-order valence-electron chi connectivity index (χ0n) is 11.5. The molecule has 0 aromatic carbocycles. The summed E-state index contributed by atoms with van der Waals surface area (Å²) in [6, 6.07) is 0. The van der Waals surface area contributed by atoms with Crippen molar-refractivity contribution in [2.45, 2.75) is 12.8 Å². The summed E-state index contributed by atoms with van der Waals surface area (Å²) in [7, 11) is 1.81. The van der Waals surface area contributed by atoms with E-state index in [0.717, 1.165) is 37.4 Å². The number of carbonyl (C=O) groups excluding carboxylic acids is 1. The Balaban J connectivity index is 1.76. The first-order chi connectivity index (χ1) is 9.78. The van der Waals surface area contributed by atoms with E-state index in [1.807, 2.05) is 28.7 Å². The number of carbonyl (C=O) groups is 1. The van der Waals surface area contributed by atoms with Gasteiger partial charge in [-0.3, -0.25) is 4.79 Å². The number of hydrogen-bond donors (Lipinski definition) is 2. The summed E-state index contributed by atoms with van der Waals surface area (Å²) in [4.78, 5) is 22.6. The van der Waals surface area contributed by atoms with Gasteiger partial charge in [-0.05, 0) is 12.8 Å². The van der Waals surface area contributed by atoms with Gasteiger partial charge in [0, 0.05) is 32.5 Å². The van der Waals surface area contributed by atoms with E-state index in [0.29, 0.717) is 5.82 Å². The van der Waals surface area contributed by atoms with Crippen molar-refractivity contribution < 1.29 is 4.79 Å². The molecule has 0 aliphatic carbocycles. The second kappa shape index (κ2) is 5.36. The Morgan fingerprint density at radius 3 is 2.95 bits per heavy atom. The van der Waals surface area contributed by atoms with Crippen LogP contribution < -0.4 is 10.6 Å². The number of aromatic nitrogens is 3. The van der Waals surface area contributed by atoms with E-state index in [4.69, 9.17) is 0 Å². The minimum atomic E-state index is 0.115. The fraction of sp³-hybridized carbons (Fsp3) is 0.462. The second-order valence-electron chi connectivity index (χ2n) is 4.82. The van der Waals surface area contributed by atoms with Crippen LogP contribution in [0.2, 0.25) is 0 Å². The zero-order chi connectivity index (χ0) is 13.9. The lowest BCUT2D eigenvalue weighted by molar-refractivity contribution is -0.128. The number of hydrogen-bond acceptors (Lipinski definition) is 5. The molecule has 7 nitrogen and oxygen atoms in total. The number of nitrogens with zero attached hydrogens (tertiary/aromatic N) is 4. The Kier molecular flexibility index (Phi) is 3.41. The predicted molar refractivity (Wildman–Crippen MR) is 76.8 cm³/mol. The molecule has 3 rings (SSSR count). The third-order valence-electron chi connectivity index (χ3n) is 3.50. The number of anilines is 2. The number of likely N-dealkylation sites (tertiary alicyclic amines) is 1. The Bertz CT molecular complexity index is 616. The smallest absolute Gasteiger partial charge is 0.241 e. The fourth-order valence-corrected chi connectivity index (χ4v) is 2.41. The minimum absolute atomic E-state index is 0.115. The Hall–Kier alpha value is -2.31. The number of nitrogens with one attached hydrogen (secondary N) is 2. The molecule has 0 saturated carbocycles. The molecular formula is C13H18N6O. The first-order valence-corrected chi connectivity index (χ1v) is 6.81. The largest absolute Gasteiger partial charge is 0.372 e. The molecular weight excluding hydrogens is 256 g/mol. The van der Waals surface area contributed by atoms with Crippen LogP contribution in [0.5, 0.6) is 0 Å². The molecule has 20 heavy (non-hydrogen) atoms. The molecule has 1 fully saturated rings. The molecule has 2 N–H and O–H groups in total. The number of amides is 1. The van der Waals surface area contributed by atoms with Gasteiger partial charge >= 0.3 is 0 Å². The fourth-order valence-electron chi connectivity index (χ4n) is 2.41. The molecule has 0 atom stereocenters. The van der Waals surface area contributed by atoms with Crippen LogP contribution in [-0.4, -0.2) is 51.9 Å². The van der Waals surface area contributed by atoms with Crippen molar-refractivity contribution in [3.8, 4) is 0 Å². The van der Waals surface area contributed by atoms with Crippen LogP contribution in [-0.2, 0) is 4.79 Å². The third-order valence-corrected chi connectivity index (χ3v) is 3.50. The Morgan fingerprint density at radius 1 is 1.40 bits per heavy atom. The van der Waals surface area contributed by atoms with Gasteiger partial charge in [0.25, 0.3) is 0 Å². The normalized spacial score (nSPS) is 14.8. The summed E-state index contributed by atoms with van der Waals surface area (Å²) in [6.07, 6.45) is 7.62. The number of rotatable bonds is 4. The summed E-state index contributed by atoms with van der Waals surface area (Å²) < 4.78 is 1.88. The van der Waals surface area contributed by atoms with Gasteiger partial charge in [0.2, 0.25) is 5.91 Å². The minimum Gasteiger partial charge on any atom is -0.372 e. The van der Waals surface area contributed by atoms with Crippen molar-refractivity contribution in [2.24, 2.45) is 0 Å². The molecule has 1 aliphatic rings. The lowest BCUT2D eigenvalue weighted by Crippen LogP contribution is -2.33. The monoisotopic (exact) mass is 274 g/mol. The highest BCUT2D eigenvalue weighted by Crippen LogP contribution is 2.16. The quantitative estimate of drug-likeness (QED) is 0.863. The lowest BCUT2D eigenvalue weighted by Gasteiger charge is -2.16. The number of imidazole rings is 1. The highest BCUT2D eigenvalue weighted by Gasteiger charge is 2.18. The zero-order valence-corrected chi connectivity index (χ0v) is 11.5. The van der Waals surface area contributed by atoms with Gasteiger partial charge in [-0.2, -0.15) is 0 Å². The lowest BCUT2D eigenvalue weighted by atomic mass is 10.4. The van der Waals surface area contributed by atoms with E-state index in [-0.39, 0.29) is 12.5 Å². The molecule has 3 heterocycles. The van der Waals surface area contributed by atoms with Crippen molar-refractivity contribution in [1.82, 2.24) is 19.3 Å². The molecule has 2 aromatic heterocycles. The van der Waals surface area contributed by atoms with E-state index in [1.165, 1.54) is 0 Å². The molecule has 0 radical (unpaired) electrons. The molecule has 2 aromatic rings.